The van der Waals surface area contributed by atoms with Gasteiger partial charge in [-0.15, -0.1) is 0 Å². The Hall–Kier alpha value is -1.85. The smallest absolute Gasteiger partial charge is 0.268 e. The number of H-pyrrole nitrogens is 1. The molecule has 2 unspecified atom stereocenters. The fourth-order valence-electron chi connectivity index (χ4n) is 3.74. The van der Waals surface area contributed by atoms with Crippen molar-refractivity contribution in [1.82, 2.24) is 15.2 Å². The topological polar surface area (TPSA) is 57.4 Å². The molecule has 2 atom stereocenters. The summed E-state index contributed by atoms with van der Waals surface area (Å²) in [5.41, 5.74) is 5.09. The first-order valence-corrected chi connectivity index (χ1v) is 8.60. The summed E-state index contributed by atoms with van der Waals surface area (Å²) >= 11 is 0. The number of fused-ring (bicyclic) bond motifs is 1. The van der Waals surface area contributed by atoms with E-state index in [0.29, 0.717) is 5.69 Å². The van der Waals surface area contributed by atoms with Crippen LogP contribution in [0.2, 0.25) is 0 Å². The van der Waals surface area contributed by atoms with E-state index in [1.807, 2.05) is 6.92 Å². The van der Waals surface area contributed by atoms with Gasteiger partial charge in [-0.2, -0.15) is 0 Å². The molecule has 2 N–H and O–H groups in total. The lowest BCUT2D eigenvalue weighted by molar-refractivity contribution is 0.0759. The predicted molar refractivity (Wildman–Crippen MR) is 96.7 cm³/mol. The standard InChI is InChI=1S/C19H27N3O2/c1-6-22-9-15(16(10-22)24-5)20-19(23)18-13(4)14-8-11(2)7-12(3)17(14)21-18/h7-8,15-16,21H,6,9-10H2,1-5H3,(H,20,23). The molecule has 0 saturated carbocycles. The minimum Gasteiger partial charge on any atom is -0.378 e. The first-order chi connectivity index (χ1) is 11.4. The molecule has 1 saturated heterocycles. The fourth-order valence-corrected chi connectivity index (χ4v) is 3.74. The Kier molecular flexibility index (Phi) is 4.65. The molecular weight excluding hydrogens is 302 g/mol. The van der Waals surface area contributed by atoms with Crippen molar-refractivity contribution in [3.8, 4) is 0 Å². The minimum absolute atomic E-state index is 0.0242. The molecule has 1 aliphatic heterocycles. The predicted octanol–water partition coefficient (Wildman–Crippen LogP) is 2.54. The molecule has 2 aromatic rings. The van der Waals surface area contributed by atoms with Crippen LogP contribution in [0.3, 0.4) is 0 Å². The van der Waals surface area contributed by atoms with E-state index >= 15 is 0 Å². The molecule has 5 heteroatoms. The maximum Gasteiger partial charge on any atom is 0.268 e. The van der Waals surface area contributed by atoms with Gasteiger partial charge in [-0.25, -0.2) is 0 Å². The van der Waals surface area contributed by atoms with Gasteiger partial charge >= 0.3 is 0 Å². The summed E-state index contributed by atoms with van der Waals surface area (Å²) in [7, 11) is 1.71. The number of benzene rings is 1. The third-order valence-electron chi connectivity index (χ3n) is 5.14. The molecule has 1 aliphatic rings. The van der Waals surface area contributed by atoms with Crippen LogP contribution in [0, 0.1) is 20.8 Å². The number of hydrogen-bond acceptors (Lipinski definition) is 3. The van der Waals surface area contributed by atoms with Crippen LogP contribution in [-0.4, -0.2) is 54.7 Å². The number of carbonyl (C=O) groups is 1. The zero-order valence-electron chi connectivity index (χ0n) is 15.2. The summed E-state index contributed by atoms with van der Waals surface area (Å²) in [6.45, 7) is 11.0. The Morgan fingerprint density at radius 2 is 2.08 bits per heavy atom. The quantitative estimate of drug-likeness (QED) is 0.906. The SMILES string of the molecule is CCN1CC(NC(=O)c2[nH]c3c(C)cc(C)cc3c2C)C(OC)C1. The van der Waals surface area contributed by atoms with Crippen molar-refractivity contribution in [2.24, 2.45) is 0 Å². The molecule has 1 amide bonds. The second-order valence-electron chi connectivity index (χ2n) is 6.84. The van der Waals surface area contributed by atoms with E-state index in [2.05, 4.69) is 48.1 Å². The molecular formula is C19H27N3O2. The number of nitrogens with zero attached hydrogens (tertiary/aromatic N) is 1. The Morgan fingerprint density at radius 1 is 1.33 bits per heavy atom. The molecule has 0 bridgehead atoms. The number of amides is 1. The van der Waals surface area contributed by atoms with Gasteiger partial charge in [0.15, 0.2) is 0 Å². The van der Waals surface area contributed by atoms with Crippen LogP contribution in [0.1, 0.15) is 34.1 Å². The largest absolute Gasteiger partial charge is 0.378 e. The van der Waals surface area contributed by atoms with Crippen molar-refractivity contribution >= 4 is 16.8 Å². The number of aromatic amines is 1. The Bertz CT molecular complexity index is 766. The van der Waals surface area contributed by atoms with Crippen molar-refractivity contribution in [3.63, 3.8) is 0 Å². The number of likely N-dealkylation sites (tertiary alicyclic amines) is 1. The number of aryl methyl sites for hydroxylation is 3. The Morgan fingerprint density at radius 3 is 2.75 bits per heavy atom. The second kappa shape index (κ2) is 6.57. The number of nitrogens with one attached hydrogen (secondary N) is 2. The number of hydrogen-bond donors (Lipinski definition) is 2. The van der Waals surface area contributed by atoms with Gasteiger partial charge < -0.3 is 15.0 Å². The molecule has 5 nitrogen and oxygen atoms in total. The molecule has 1 aromatic heterocycles. The summed E-state index contributed by atoms with van der Waals surface area (Å²) < 4.78 is 5.55. The summed E-state index contributed by atoms with van der Waals surface area (Å²) in [5, 5.41) is 4.29. The number of aromatic nitrogens is 1. The Labute approximate surface area is 143 Å². The van der Waals surface area contributed by atoms with Crippen LogP contribution >= 0.6 is 0 Å². The van der Waals surface area contributed by atoms with Gasteiger partial charge in [0.05, 0.1) is 12.1 Å². The zero-order valence-corrected chi connectivity index (χ0v) is 15.2. The lowest BCUT2D eigenvalue weighted by atomic mass is 10.1. The number of carbonyl (C=O) groups excluding carboxylic acids is 1. The number of ether oxygens (including phenoxy) is 1. The van der Waals surface area contributed by atoms with Crippen LogP contribution in [0.25, 0.3) is 10.9 Å². The van der Waals surface area contributed by atoms with Crippen molar-refractivity contribution in [2.75, 3.05) is 26.7 Å². The fraction of sp³-hybridized carbons (Fsp3) is 0.526. The second-order valence-corrected chi connectivity index (χ2v) is 6.84. The zero-order chi connectivity index (χ0) is 17.4. The van der Waals surface area contributed by atoms with E-state index in [0.717, 1.165) is 36.1 Å². The lowest BCUT2D eigenvalue weighted by Gasteiger charge is -2.18. The molecule has 3 rings (SSSR count). The molecule has 0 radical (unpaired) electrons. The molecule has 0 spiro atoms. The van der Waals surface area contributed by atoms with E-state index in [-0.39, 0.29) is 18.1 Å². The average molecular weight is 329 g/mol. The maximum absolute atomic E-state index is 12.8. The van der Waals surface area contributed by atoms with Crippen LogP contribution in [0.15, 0.2) is 12.1 Å². The number of likely N-dealkylation sites (N-methyl/N-ethyl adjacent to an activating group) is 1. The molecule has 1 aromatic carbocycles. The maximum atomic E-state index is 12.8. The molecule has 24 heavy (non-hydrogen) atoms. The number of rotatable bonds is 4. The van der Waals surface area contributed by atoms with E-state index in [9.17, 15) is 4.79 Å². The molecule has 2 heterocycles. The van der Waals surface area contributed by atoms with Crippen molar-refractivity contribution in [3.05, 3.63) is 34.5 Å². The van der Waals surface area contributed by atoms with E-state index < -0.39 is 0 Å². The summed E-state index contributed by atoms with van der Waals surface area (Å²) in [6, 6.07) is 4.30. The van der Waals surface area contributed by atoms with Crippen molar-refractivity contribution < 1.29 is 9.53 Å². The highest BCUT2D eigenvalue weighted by Crippen LogP contribution is 2.26. The van der Waals surface area contributed by atoms with Gasteiger partial charge in [0, 0.05) is 31.1 Å². The van der Waals surface area contributed by atoms with Gasteiger partial charge in [0.25, 0.3) is 5.91 Å². The summed E-state index contributed by atoms with van der Waals surface area (Å²) in [5.74, 6) is -0.0502. The summed E-state index contributed by atoms with van der Waals surface area (Å²) in [4.78, 5) is 18.4. The van der Waals surface area contributed by atoms with Crippen LogP contribution in [0.4, 0.5) is 0 Å². The highest BCUT2D eigenvalue weighted by atomic mass is 16.5. The molecule has 1 fully saturated rings. The molecule has 0 aliphatic carbocycles. The van der Waals surface area contributed by atoms with Crippen LogP contribution in [0.5, 0.6) is 0 Å². The van der Waals surface area contributed by atoms with E-state index in [1.165, 1.54) is 11.1 Å². The highest BCUT2D eigenvalue weighted by molar-refractivity contribution is 6.01. The highest BCUT2D eigenvalue weighted by Gasteiger charge is 2.33. The van der Waals surface area contributed by atoms with Crippen molar-refractivity contribution in [1.29, 1.82) is 0 Å². The van der Waals surface area contributed by atoms with Gasteiger partial charge in [0.2, 0.25) is 0 Å². The van der Waals surface area contributed by atoms with E-state index in [1.54, 1.807) is 7.11 Å². The van der Waals surface area contributed by atoms with E-state index in [4.69, 9.17) is 4.74 Å². The van der Waals surface area contributed by atoms with Crippen LogP contribution in [-0.2, 0) is 4.74 Å². The van der Waals surface area contributed by atoms with Gasteiger partial charge in [-0.05, 0) is 44.5 Å². The third kappa shape index (κ3) is 2.94. The van der Waals surface area contributed by atoms with Crippen LogP contribution < -0.4 is 5.32 Å². The minimum atomic E-state index is -0.0502. The van der Waals surface area contributed by atoms with Gasteiger partial charge in [0.1, 0.15) is 5.69 Å². The lowest BCUT2D eigenvalue weighted by Crippen LogP contribution is -2.43. The Balaban J connectivity index is 1.87. The first-order valence-electron chi connectivity index (χ1n) is 8.60. The molecule has 130 valence electrons. The van der Waals surface area contributed by atoms with Crippen molar-refractivity contribution in [2.45, 2.75) is 39.8 Å². The van der Waals surface area contributed by atoms with Gasteiger partial charge in [-0.1, -0.05) is 18.6 Å². The summed E-state index contributed by atoms with van der Waals surface area (Å²) in [6.07, 6.45) is 0.0440. The monoisotopic (exact) mass is 329 g/mol. The first kappa shape index (κ1) is 17.0. The average Bonchev–Trinajstić information content (AvgIpc) is 3.09. The third-order valence-corrected chi connectivity index (χ3v) is 5.14. The number of methoxy groups -OCH3 is 1. The van der Waals surface area contributed by atoms with Gasteiger partial charge in [-0.3, -0.25) is 9.69 Å². The normalized spacial score (nSPS) is 21.5.